The van der Waals surface area contributed by atoms with Crippen molar-refractivity contribution >= 4 is 11.9 Å². The van der Waals surface area contributed by atoms with Crippen LogP contribution in [-0.4, -0.2) is 70.5 Å². The van der Waals surface area contributed by atoms with Gasteiger partial charge < -0.3 is 29.5 Å². The zero-order valence-electron chi connectivity index (χ0n) is 17.8. The predicted molar refractivity (Wildman–Crippen MR) is 102 cm³/mol. The van der Waals surface area contributed by atoms with Gasteiger partial charge in [-0.05, 0) is 38.5 Å². The summed E-state index contributed by atoms with van der Waals surface area (Å²) >= 11 is 0. The van der Waals surface area contributed by atoms with Crippen LogP contribution in [0.25, 0.3) is 0 Å². The Hall–Kier alpha value is -1.22. The molecule has 0 amide bonds. The number of hydrogen-bond acceptors (Lipinski definition) is 8. The monoisotopic (exact) mass is 414 g/mol. The van der Waals surface area contributed by atoms with E-state index in [1.807, 2.05) is 13.8 Å². The van der Waals surface area contributed by atoms with Gasteiger partial charge in [0.25, 0.3) is 0 Å². The van der Waals surface area contributed by atoms with Crippen LogP contribution in [0.1, 0.15) is 59.8 Å². The molecule has 8 nitrogen and oxygen atoms in total. The van der Waals surface area contributed by atoms with Gasteiger partial charge in [0, 0.05) is 18.9 Å². The molecule has 0 aromatic heterocycles. The maximum atomic E-state index is 12.5. The Labute approximate surface area is 171 Å². The summed E-state index contributed by atoms with van der Waals surface area (Å²) in [5, 5.41) is 34.8. The molecule has 3 fully saturated rings. The number of unbranched alkanes of at least 4 members (excludes halogenated alkanes) is 1. The van der Waals surface area contributed by atoms with Gasteiger partial charge in [-0.2, -0.15) is 0 Å². The van der Waals surface area contributed by atoms with E-state index in [0.717, 1.165) is 12.8 Å². The highest BCUT2D eigenvalue weighted by Crippen LogP contribution is 2.70. The third-order valence-corrected chi connectivity index (χ3v) is 7.98. The molecule has 0 aromatic carbocycles. The lowest BCUT2D eigenvalue weighted by Gasteiger charge is -2.67. The number of fused-ring (bicyclic) bond motifs is 1. The zero-order valence-corrected chi connectivity index (χ0v) is 17.8. The first kappa shape index (κ1) is 22.5. The van der Waals surface area contributed by atoms with Gasteiger partial charge in [-0.25, -0.2) is 4.79 Å². The second kappa shape index (κ2) is 7.48. The summed E-state index contributed by atoms with van der Waals surface area (Å²) in [5.74, 6) is -1.58. The van der Waals surface area contributed by atoms with E-state index in [1.165, 1.54) is 13.8 Å². The topological polar surface area (TPSA) is 123 Å². The van der Waals surface area contributed by atoms with Crippen molar-refractivity contribution in [3.05, 3.63) is 0 Å². The molecule has 2 saturated carbocycles. The van der Waals surface area contributed by atoms with Crippen molar-refractivity contribution in [3.63, 3.8) is 0 Å². The average Bonchev–Trinajstić information content (AvgIpc) is 2.91. The van der Waals surface area contributed by atoms with Crippen LogP contribution in [0, 0.1) is 16.7 Å². The number of aliphatic hydroxyl groups is 3. The molecule has 0 aromatic rings. The Kier molecular flexibility index (Phi) is 5.79. The fourth-order valence-corrected chi connectivity index (χ4v) is 6.08. The Morgan fingerprint density at radius 1 is 1.31 bits per heavy atom. The fraction of sp³-hybridized carbons (Fsp3) is 0.905. The van der Waals surface area contributed by atoms with Gasteiger partial charge in [-0.15, -0.1) is 0 Å². The van der Waals surface area contributed by atoms with Crippen molar-refractivity contribution in [2.75, 3.05) is 19.8 Å². The third-order valence-electron chi connectivity index (χ3n) is 7.98. The first-order valence-electron chi connectivity index (χ1n) is 10.5. The van der Waals surface area contributed by atoms with E-state index >= 15 is 0 Å². The highest BCUT2D eigenvalue weighted by Gasteiger charge is 2.82. The minimum absolute atomic E-state index is 0.0843. The van der Waals surface area contributed by atoms with Crippen molar-refractivity contribution in [2.45, 2.75) is 83.2 Å². The quantitative estimate of drug-likeness (QED) is 0.416. The van der Waals surface area contributed by atoms with E-state index in [2.05, 4.69) is 0 Å². The summed E-state index contributed by atoms with van der Waals surface area (Å²) in [5.41, 5.74) is -6.08. The van der Waals surface area contributed by atoms with Gasteiger partial charge in [0.1, 0.15) is 18.3 Å². The van der Waals surface area contributed by atoms with E-state index in [-0.39, 0.29) is 32.0 Å². The first-order chi connectivity index (χ1) is 13.5. The van der Waals surface area contributed by atoms with Crippen LogP contribution >= 0.6 is 0 Å². The molecule has 1 spiro atoms. The summed E-state index contributed by atoms with van der Waals surface area (Å²) in [6.07, 6.45) is 0.181. The molecule has 1 aliphatic heterocycles. The van der Waals surface area contributed by atoms with Crippen LogP contribution in [0.5, 0.6) is 0 Å². The lowest BCUT2D eigenvalue weighted by molar-refractivity contribution is -0.354. The summed E-state index contributed by atoms with van der Waals surface area (Å²) in [6.45, 7) is 6.71. The second-order valence-electron chi connectivity index (χ2n) is 9.29. The molecule has 0 unspecified atom stereocenters. The van der Waals surface area contributed by atoms with Crippen molar-refractivity contribution < 1.29 is 39.1 Å². The molecular formula is C21H34O8. The minimum atomic E-state index is -1.73. The number of hydrogen-bond donors (Lipinski definition) is 3. The van der Waals surface area contributed by atoms with Crippen LogP contribution in [0.4, 0.5) is 0 Å². The van der Waals surface area contributed by atoms with E-state index in [9.17, 15) is 24.9 Å². The van der Waals surface area contributed by atoms with Crippen LogP contribution < -0.4 is 0 Å². The number of carbonyl (C=O) groups excluding carboxylic acids is 2. The molecule has 2 bridgehead atoms. The number of ether oxygens (including phenoxy) is 3. The maximum Gasteiger partial charge on any atom is 0.336 e. The van der Waals surface area contributed by atoms with Crippen molar-refractivity contribution in [2.24, 2.45) is 16.7 Å². The standard InChI is InChI=1S/C21H34O8/c1-5-6-9-27-11-19(12-28-14(3)22)18(4,25)15-10-20(16(23)17(24)29-15)13(2)7-8-21(19,20)26/h13,15-16,23,25-26H,5-12H2,1-4H3/t13-,15-,16+,18+,19+,20+,21+/m1/s1. The molecule has 1 saturated heterocycles. The van der Waals surface area contributed by atoms with Crippen molar-refractivity contribution in [1.29, 1.82) is 0 Å². The number of esters is 2. The lowest BCUT2D eigenvalue weighted by atomic mass is 9.43. The number of aliphatic hydroxyl groups excluding tert-OH is 1. The summed E-state index contributed by atoms with van der Waals surface area (Å²) in [4.78, 5) is 24.2. The number of rotatable bonds is 7. The van der Waals surface area contributed by atoms with Crippen LogP contribution in [0.3, 0.4) is 0 Å². The van der Waals surface area contributed by atoms with E-state index < -0.39 is 46.2 Å². The molecule has 29 heavy (non-hydrogen) atoms. The molecule has 8 heteroatoms. The number of carbonyl (C=O) groups is 2. The normalized spacial score (nSPS) is 46.2. The molecule has 3 rings (SSSR count). The van der Waals surface area contributed by atoms with Crippen molar-refractivity contribution in [1.82, 2.24) is 0 Å². The van der Waals surface area contributed by atoms with Gasteiger partial charge >= 0.3 is 11.9 Å². The smallest absolute Gasteiger partial charge is 0.336 e. The van der Waals surface area contributed by atoms with Gasteiger partial charge in [-0.1, -0.05) is 20.3 Å². The molecule has 1 heterocycles. The van der Waals surface area contributed by atoms with Crippen molar-refractivity contribution in [3.8, 4) is 0 Å². The van der Waals surface area contributed by atoms with Gasteiger partial charge in [0.05, 0.1) is 17.6 Å². The maximum absolute atomic E-state index is 12.5. The predicted octanol–water partition coefficient (Wildman–Crippen LogP) is 0.941. The average molecular weight is 414 g/mol. The SMILES string of the molecule is CCCCOC[C@@]1(COC(C)=O)[C@@]2(O)CC[C@@H](C)[C@]23C[C@@H](OC(=O)[C@@H]3O)[C@]1(C)O. The highest BCUT2D eigenvalue weighted by atomic mass is 16.6. The lowest BCUT2D eigenvalue weighted by Crippen LogP contribution is -2.82. The third kappa shape index (κ3) is 2.86. The van der Waals surface area contributed by atoms with E-state index in [1.54, 1.807) is 0 Å². The zero-order chi connectivity index (χ0) is 21.7. The molecule has 0 radical (unpaired) electrons. The molecule has 3 N–H and O–H groups in total. The summed E-state index contributed by atoms with van der Waals surface area (Å²) in [7, 11) is 0. The van der Waals surface area contributed by atoms with Gasteiger partial charge in [0.2, 0.25) is 0 Å². The molecular weight excluding hydrogens is 380 g/mol. The van der Waals surface area contributed by atoms with Gasteiger partial charge in [-0.3, -0.25) is 4.79 Å². The Morgan fingerprint density at radius 2 is 2.00 bits per heavy atom. The van der Waals surface area contributed by atoms with Crippen LogP contribution in [0.15, 0.2) is 0 Å². The molecule has 166 valence electrons. The summed E-state index contributed by atoms with van der Waals surface area (Å²) < 4.78 is 16.7. The molecule has 7 atom stereocenters. The van der Waals surface area contributed by atoms with E-state index in [0.29, 0.717) is 13.0 Å². The molecule has 3 aliphatic rings. The Morgan fingerprint density at radius 3 is 2.62 bits per heavy atom. The second-order valence-corrected chi connectivity index (χ2v) is 9.29. The summed E-state index contributed by atoms with van der Waals surface area (Å²) in [6, 6.07) is 0. The van der Waals surface area contributed by atoms with Crippen LogP contribution in [0.2, 0.25) is 0 Å². The van der Waals surface area contributed by atoms with E-state index in [4.69, 9.17) is 14.2 Å². The Balaban J connectivity index is 2.15. The fourth-order valence-electron chi connectivity index (χ4n) is 6.08. The highest BCUT2D eigenvalue weighted by molar-refractivity contribution is 5.78. The largest absolute Gasteiger partial charge is 0.465 e. The first-order valence-corrected chi connectivity index (χ1v) is 10.5. The Bertz CT molecular complexity index is 663. The molecule has 2 aliphatic carbocycles. The van der Waals surface area contributed by atoms with Gasteiger partial charge in [0.15, 0.2) is 6.10 Å². The van der Waals surface area contributed by atoms with Crippen LogP contribution in [-0.2, 0) is 23.8 Å². The minimum Gasteiger partial charge on any atom is -0.465 e.